The summed E-state index contributed by atoms with van der Waals surface area (Å²) in [5.74, 6) is 1.78. The summed E-state index contributed by atoms with van der Waals surface area (Å²) in [5.41, 5.74) is 7.61. The van der Waals surface area contributed by atoms with E-state index >= 15 is 0 Å². The first kappa shape index (κ1) is 23.8. The van der Waals surface area contributed by atoms with Gasteiger partial charge in [0.25, 0.3) is 0 Å². The molecule has 0 atom stereocenters. The molecule has 0 radical (unpaired) electrons. The fraction of sp³-hybridized carbons (Fsp3) is 0.613. The second-order valence-corrected chi connectivity index (χ2v) is 13.8. The molecule has 0 N–H and O–H groups in total. The third kappa shape index (κ3) is 5.41. The summed E-state index contributed by atoms with van der Waals surface area (Å²) in [7, 11) is 0.220. The van der Waals surface area contributed by atoms with E-state index in [-0.39, 0.29) is 9.52 Å². The summed E-state index contributed by atoms with van der Waals surface area (Å²) in [5, 5.41) is 0. The van der Waals surface area contributed by atoms with Crippen molar-refractivity contribution in [3.05, 3.63) is 59.7 Å². The molecule has 32 heavy (non-hydrogen) atoms. The zero-order valence-electron chi connectivity index (χ0n) is 21.0. The molecule has 2 aliphatic carbocycles. The van der Waals surface area contributed by atoms with Crippen molar-refractivity contribution in [3.63, 3.8) is 0 Å². The first-order chi connectivity index (χ1) is 15.7. The van der Waals surface area contributed by atoms with Gasteiger partial charge in [0.05, 0.1) is 0 Å². The van der Waals surface area contributed by atoms with Crippen LogP contribution in [0.15, 0.2) is 48.5 Å². The molecule has 0 nitrogen and oxygen atoms in total. The zero-order valence-corrected chi connectivity index (χ0v) is 22.5. The van der Waals surface area contributed by atoms with E-state index in [4.69, 9.17) is 0 Å². The maximum Gasteiger partial charge on any atom is 0.0229 e. The average molecular weight is 447 g/mol. The summed E-state index contributed by atoms with van der Waals surface area (Å²) in [6, 6.07) is 20.3. The standard InChI is InChI=1S/C31H46Si/c1-4-7-24-8-10-25(11-9-24)26-12-14-27(15-13-26)28-16-18-29(19-17-28)31(5-2)22-20-30(21-23-31)32-6-3/h8-15,28-30H,4-7,16-23,32H2,1-3H3/t28?,29?,30-,31-. The third-order valence-electron chi connectivity index (χ3n) is 9.30. The van der Waals surface area contributed by atoms with Gasteiger partial charge in [0.2, 0.25) is 0 Å². The molecule has 2 saturated carbocycles. The van der Waals surface area contributed by atoms with E-state index in [0.29, 0.717) is 5.41 Å². The van der Waals surface area contributed by atoms with Gasteiger partial charge in [0, 0.05) is 9.52 Å². The van der Waals surface area contributed by atoms with Crippen LogP contribution in [0.3, 0.4) is 0 Å². The van der Waals surface area contributed by atoms with E-state index in [1.807, 2.05) is 0 Å². The predicted molar refractivity (Wildman–Crippen MR) is 145 cm³/mol. The molecule has 1 heteroatoms. The Labute approximate surface area is 200 Å². The average Bonchev–Trinajstić information content (AvgIpc) is 2.86. The fourth-order valence-corrected chi connectivity index (χ4v) is 8.94. The van der Waals surface area contributed by atoms with Gasteiger partial charge < -0.3 is 0 Å². The largest absolute Gasteiger partial charge is 0.0683 e. The van der Waals surface area contributed by atoms with Crippen molar-refractivity contribution in [2.75, 3.05) is 0 Å². The molecule has 0 saturated heterocycles. The number of benzene rings is 2. The van der Waals surface area contributed by atoms with Gasteiger partial charge in [0.1, 0.15) is 0 Å². The Balaban J connectivity index is 1.34. The Kier molecular flexibility index (Phi) is 8.32. The highest BCUT2D eigenvalue weighted by molar-refractivity contribution is 6.37. The Bertz CT molecular complexity index is 803. The van der Waals surface area contributed by atoms with E-state index in [9.17, 15) is 0 Å². The highest BCUT2D eigenvalue weighted by Crippen LogP contribution is 2.54. The van der Waals surface area contributed by atoms with Crippen molar-refractivity contribution < 1.29 is 0 Å². The molecule has 2 aromatic carbocycles. The Hall–Kier alpha value is -1.34. The molecule has 2 fully saturated rings. The van der Waals surface area contributed by atoms with Crippen LogP contribution in [-0.2, 0) is 6.42 Å². The Morgan fingerprint density at radius 3 is 1.88 bits per heavy atom. The summed E-state index contributed by atoms with van der Waals surface area (Å²) in [4.78, 5) is 0. The van der Waals surface area contributed by atoms with Gasteiger partial charge in [0.15, 0.2) is 0 Å². The second kappa shape index (κ2) is 11.2. The van der Waals surface area contributed by atoms with Gasteiger partial charge in [-0.05, 0) is 84.5 Å². The maximum atomic E-state index is 2.50. The summed E-state index contributed by atoms with van der Waals surface area (Å²) in [6.45, 7) is 7.17. The van der Waals surface area contributed by atoms with Crippen molar-refractivity contribution in [2.24, 2.45) is 11.3 Å². The smallest absolute Gasteiger partial charge is 0.0229 e. The van der Waals surface area contributed by atoms with Crippen molar-refractivity contribution in [1.82, 2.24) is 0 Å². The number of rotatable bonds is 8. The minimum Gasteiger partial charge on any atom is -0.0683 e. The normalized spacial score (nSPS) is 28.9. The zero-order chi connectivity index (χ0) is 22.4. The molecule has 174 valence electrons. The lowest BCUT2D eigenvalue weighted by atomic mass is 9.59. The first-order valence-corrected chi connectivity index (χ1v) is 15.7. The van der Waals surface area contributed by atoms with E-state index < -0.39 is 0 Å². The van der Waals surface area contributed by atoms with E-state index in [2.05, 4.69) is 69.3 Å². The highest BCUT2D eigenvalue weighted by atomic mass is 28.2. The molecule has 0 unspecified atom stereocenters. The molecule has 0 spiro atoms. The molecule has 0 heterocycles. The molecule has 0 aromatic heterocycles. The predicted octanol–water partition coefficient (Wildman–Crippen LogP) is 8.95. The van der Waals surface area contributed by atoms with Crippen molar-refractivity contribution in [3.8, 4) is 11.1 Å². The van der Waals surface area contributed by atoms with Crippen LogP contribution in [0.25, 0.3) is 11.1 Å². The quantitative estimate of drug-likeness (QED) is 0.355. The van der Waals surface area contributed by atoms with Crippen LogP contribution < -0.4 is 0 Å². The molecule has 4 rings (SSSR count). The number of aryl methyl sites for hydroxylation is 1. The summed E-state index contributed by atoms with van der Waals surface area (Å²) >= 11 is 0. The Morgan fingerprint density at radius 1 is 0.750 bits per heavy atom. The monoisotopic (exact) mass is 446 g/mol. The molecular weight excluding hydrogens is 400 g/mol. The molecule has 2 aromatic rings. The van der Waals surface area contributed by atoms with Crippen LogP contribution >= 0.6 is 0 Å². The lowest BCUT2D eigenvalue weighted by Crippen LogP contribution is -2.36. The lowest BCUT2D eigenvalue weighted by Gasteiger charge is -2.48. The topological polar surface area (TPSA) is 0 Å². The van der Waals surface area contributed by atoms with Crippen LogP contribution in [-0.4, -0.2) is 9.52 Å². The molecule has 0 amide bonds. The first-order valence-electron chi connectivity index (χ1n) is 13.9. The summed E-state index contributed by atoms with van der Waals surface area (Å²) < 4.78 is 0. The fourth-order valence-electron chi connectivity index (χ4n) is 7.14. The van der Waals surface area contributed by atoms with Crippen LogP contribution in [0.2, 0.25) is 11.6 Å². The van der Waals surface area contributed by atoms with E-state index in [1.54, 1.807) is 31.2 Å². The molecular formula is C31H46Si. The SMILES string of the molecule is CCCc1ccc(-c2ccc(C3CCC([C@]4(CC)CC[C@@H]([SiH2]CC)CC4)CC3)cc2)cc1. The van der Waals surface area contributed by atoms with Crippen molar-refractivity contribution in [1.29, 1.82) is 0 Å². The minimum absolute atomic E-state index is 0.220. The van der Waals surface area contributed by atoms with Gasteiger partial charge in [-0.2, -0.15) is 0 Å². The number of hydrogen-bond donors (Lipinski definition) is 0. The second-order valence-electron chi connectivity index (χ2n) is 11.1. The summed E-state index contributed by atoms with van der Waals surface area (Å²) in [6.07, 6.45) is 15.8. The van der Waals surface area contributed by atoms with Gasteiger partial charge in [-0.15, -0.1) is 0 Å². The maximum absolute atomic E-state index is 2.50. The van der Waals surface area contributed by atoms with Crippen LogP contribution in [0.5, 0.6) is 0 Å². The lowest BCUT2D eigenvalue weighted by molar-refractivity contribution is 0.0586. The highest BCUT2D eigenvalue weighted by Gasteiger charge is 2.41. The van der Waals surface area contributed by atoms with Gasteiger partial charge in [-0.1, -0.05) is 107 Å². The molecule has 0 bridgehead atoms. The van der Waals surface area contributed by atoms with Crippen LogP contribution in [0.1, 0.15) is 102 Å². The van der Waals surface area contributed by atoms with E-state index in [1.165, 1.54) is 67.7 Å². The van der Waals surface area contributed by atoms with E-state index in [0.717, 1.165) is 17.4 Å². The minimum atomic E-state index is 0.220. The van der Waals surface area contributed by atoms with Crippen molar-refractivity contribution in [2.45, 2.75) is 109 Å². The third-order valence-corrected chi connectivity index (χ3v) is 11.5. The molecule has 2 aliphatic rings. The molecule has 0 aliphatic heterocycles. The van der Waals surface area contributed by atoms with Crippen LogP contribution in [0.4, 0.5) is 0 Å². The van der Waals surface area contributed by atoms with Gasteiger partial charge >= 0.3 is 0 Å². The van der Waals surface area contributed by atoms with Gasteiger partial charge in [-0.25, -0.2) is 0 Å². The number of hydrogen-bond acceptors (Lipinski definition) is 0. The van der Waals surface area contributed by atoms with Crippen LogP contribution in [0, 0.1) is 11.3 Å². The Morgan fingerprint density at radius 2 is 1.34 bits per heavy atom. The van der Waals surface area contributed by atoms with Gasteiger partial charge in [-0.3, -0.25) is 0 Å². The van der Waals surface area contributed by atoms with Crippen molar-refractivity contribution >= 4 is 9.52 Å².